The third kappa shape index (κ3) is 2.11. The summed E-state index contributed by atoms with van der Waals surface area (Å²) in [6.45, 7) is 4.97. The average Bonchev–Trinajstić information content (AvgIpc) is 3.01. The second-order valence-corrected chi connectivity index (χ2v) is 6.34. The number of hydrogen-bond donors (Lipinski definition) is 0. The number of nitrogens with zero attached hydrogens (tertiary/aromatic N) is 3. The van der Waals surface area contributed by atoms with Gasteiger partial charge in [-0.15, -0.1) is 22.7 Å². The second kappa shape index (κ2) is 4.66. The fraction of sp³-hybridized carbons (Fsp3) is 0.231. The maximum Gasteiger partial charge on any atom is 0.150 e. The fourth-order valence-corrected chi connectivity index (χ4v) is 3.49. The molecule has 0 bridgehead atoms. The summed E-state index contributed by atoms with van der Waals surface area (Å²) in [5, 5.41) is 3.22. The zero-order valence-electron chi connectivity index (χ0n) is 10.3. The molecule has 0 fully saturated rings. The van der Waals surface area contributed by atoms with Crippen molar-refractivity contribution in [3.8, 4) is 10.7 Å². The molecule has 3 aromatic heterocycles. The predicted molar refractivity (Wildman–Crippen MR) is 76.2 cm³/mol. The maximum atomic E-state index is 4.58. The summed E-state index contributed by atoms with van der Waals surface area (Å²) >= 11 is 3.48. The van der Waals surface area contributed by atoms with E-state index in [2.05, 4.69) is 45.9 Å². The van der Waals surface area contributed by atoms with Gasteiger partial charge in [0.2, 0.25) is 0 Å². The summed E-state index contributed by atoms with van der Waals surface area (Å²) < 4.78 is 2.16. The van der Waals surface area contributed by atoms with Gasteiger partial charge in [-0.3, -0.25) is 0 Å². The van der Waals surface area contributed by atoms with Gasteiger partial charge in [-0.2, -0.15) is 0 Å². The predicted octanol–water partition coefficient (Wildman–Crippen LogP) is 3.73. The highest BCUT2D eigenvalue weighted by atomic mass is 32.1. The van der Waals surface area contributed by atoms with Crippen LogP contribution in [0.1, 0.15) is 15.6 Å². The lowest BCUT2D eigenvalue weighted by Crippen LogP contribution is -1.99. The summed E-state index contributed by atoms with van der Waals surface area (Å²) in [6, 6.07) is 4.15. The van der Waals surface area contributed by atoms with E-state index in [4.69, 9.17) is 0 Å². The highest BCUT2D eigenvalue weighted by Gasteiger charge is 2.10. The van der Waals surface area contributed by atoms with E-state index < -0.39 is 0 Å². The topological polar surface area (TPSA) is 30.7 Å². The van der Waals surface area contributed by atoms with Crippen molar-refractivity contribution in [1.29, 1.82) is 0 Å². The van der Waals surface area contributed by atoms with Gasteiger partial charge in [0.25, 0.3) is 0 Å². The third-order valence-electron chi connectivity index (χ3n) is 2.84. The Kier molecular flexibility index (Phi) is 3.01. The molecule has 3 rings (SSSR count). The largest absolute Gasteiger partial charge is 0.323 e. The van der Waals surface area contributed by atoms with Gasteiger partial charge in [0.15, 0.2) is 0 Å². The minimum atomic E-state index is 0.798. The minimum Gasteiger partial charge on any atom is -0.323 e. The van der Waals surface area contributed by atoms with Crippen LogP contribution in [0.5, 0.6) is 0 Å². The molecule has 3 nitrogen and oxygen atoms in total. The van der Waals surface area contributed by atoms with E-state index in [0.717, 1.165) is 23.1 Å². The van der Waals surface area contributed by atoms with Gasteiger partial charge in [0, 0.05) is 17.3 Å². The first-order valence-electron chi connectivity index (χ1n) is 5.72. The van der Waals surface area contributed by atoms with Crippen molar-refractivity contribution < 1.29 is 0 Å². The van der Waals surface area contributed by atoms with Gasteiger partial charge >= 0.3 is 0 Å². The standard InChI is InChI=1S/C13H13N3S2/c1-9-10(2)18-12(15-9)8-16-6-5-14-13(16)11-4-3-7-17-11/h3-7H,8H2,1-2H3. The Morgan fingerprint density at radius 2 is 2.22 bits per heavy atom. The van der Waals surface area contributed by atoms with Crippen molar-refractivity contribution in [3.05, 3.63) is 45.5 Å². The lowest BCUT2D eigenvalue weighted by atomic mass is 10.4. The Hall–Kier alpha value is -1.46. The first-order chi connectivity index (χ1) is 8.74. The molecule has 0 aliphatic heterocycles. The summed E-state index contributed by atoms with van der Waals surface area (Å²) in [7, 11) is 0. The number of imidazole rings is 1. The van der Waals surface area contributed by atoms with Crippen LogP contribution in [0.15, 0.2) is 29.9 Å². The summed E-state index contributed by atoms with van der Waals surface area (Å²) in [5.74, 6) is 1.02. The van der Waals surface area contributed by atoms with Gasteiger partial charge in [0.05, 0.1) is 17.1 Å². The summed E-state index contributed by atoms with van der Waals surface area (Å²) in [5.41, 5.74) is 1.13. The lowest BCUT2D eigenvalue weighted by molar-refractivity contribution is 0.798. The summed E-state index contributed by atoms with van der Waals surface area (Å²) in [4.78, 5) is 11.5. The average molecular weight is 275 g/mol. The number of hydrogen-bond acceptors (Lipinski definition) is 4. The minimum absolute atomic E-state index is 0.798. The van der Waals surface area contributed by atoms with E-state index in [1.54, 1.807) is 22.7 Å². The van der Waals surface area contributed by atoms with Gasteiger partial charge in [0.1, 0.15) is 10.8 Å². The molecule has 3 aromatic rings. The van der Waals surface area contributed by atoms with Crippen LogP contribution in [-0.2, 0) is 6.54 Å². The van der Waals surface area contributed by atoms with Crippen LogP contribution in [0.25, 0.3) is 10.7 Å². The molecule has 0 aliphatic carbocycles. The zero-order chi connectivity index (χ0) is 12.5. The molecular formula is C13H13N3S2. The summed E-state index contributed by atoms with van der Waals surface area (Å²) in [6.07, 6.45) is 3.86. The number of thiazole rings is 1. The van der Waals surface area contributed by atoms with E-state index >= 15 is 0 Å². The van der Waals surface area contributed by atoms with Crippen molar-refractivity contribution in [1.82, 2.24) is 14.5 Å². The molecule has 0 saturated heterocycles. The van der Waals surface area contributed by atoms with E-state index in [-0.39, 0.29) is 0 Å². The Bertz CT molecular complexity index is 630. The molecule has 0 saturated carbocycles. The molecule has 3 heterocycles. The van der Waals surface area contributed by atoms with E-state index in [1.807, 2.05) is 12.4 Å². The van der Waals surface area contributed by atoms with Crippen LogP contribution in [0.2, 0.25) is 0 Å². The molecule has 92 valence electrons. The van der Waals surface area contributed by atoms with Crippen molar-refractivity contribution in [2.45, 2.75) is 20.4 Å². The van der Waals surface area contributed by atoms with Gasteiger partial charge in [-0.25, -0.2) is 9.97 Å². The molecular weight excluding hydrogens is 262 g/mol. The normalized spacial score (nSPS) is 11.0. The number of aromatic nitrogens is 3. The molecule has 0 unspecified atom stereocenters. The molecule has 0 N–H and O–H groups in total. The Labute approximate surface area is 114 Å². The van der Waals surface area contributed by atoms with Crippen LogP contribution in [0.4, 0.5) is 0 Å². The van der Waals surface area contributed by atoms with Crippen LogP contribution >= 0.6 is 22.7 Å². The first-order valence-corrected chi connectivity index (χ1v) is 7.41. The SMILES string of the molecule is Cc1nc(Cn2ccnc2-c2cccs2)sc1C. The Morgan fingerprint density at radius 1 is 1.33 bits per heavy atom. The molecule has 0 spiro atoms. The molecule has 5 heteroatoms. The molecule has 0 radical (unpaired) electrons. The molecule has 0 aliphatic rings. The number of thiophene rings is 1. The van der Waals surface area contributed by atoms with E-state index in [9.17, 15) is 0 Å². The highest BCUT2D eigenvalue weighted by molar-refractivity contribution is 7.13. The first kappa shape index (κ1) is 11.6. The van der Waals surface area contributed by atoms with Crippen molar-refractivity contribution in [2.24, 2.45) is 0 Å². The lowest BCUT2D eigenvalue weighted by Gasteiger charge is -2.03. The van der Waals surface area contributed by atoms with Crippen LogP contribution < -0.4 is 0 Å². The monoisotopic (exact) mass is 275 g/mol. The maximum absolute atomic E-state index is 4.58. The van der Waals surface area contributed by atoms with Gasteiger partial charge < -0.3 is 4.57 Å². The fourth-order valence-electron chi connectivity index (χ4n) is 1.82. The smallest absolute Gasteiger partial charge is 0.150 e. The molecule has 18 heavy (non-hydrogen) atoms. The van der Waals surface area contributed by atoms with Crippen LogP contribution in [-0.4, -0.2) is 14.5 Å². The van der Waals surface area contributed by atoms with Crippen LogP contribution in [0.3, 0.4) is 0 Å². The number of aryl methyl sites for hydroxylation is 2. The highest BCUT2D eigenvalue weighted by Crippen LogP contribution is 2.24. The Morgan fingerprint density at radius 3 is 2.89 bits per heavy atom. The van der Waals surface area contributed by atoms with Crippen LogP contribution in [0, 0.1) is 13.8 Å². The van der Waals surface area contributed by atoms with E-state index in [0.29, 0.717) is 0 Å². The molecule has 0 aromatic carbocycles. The van der Waals surface area contributed by atoms with Crippen molar-refractivity contribution in [3.63, 3.8) is 0 Å². The molecule has 0 atom stereocenters. The number of rotatable bonds is 3. The Balaban J connectivity index is 1.92. The third-order valence-corrected chi connectivity index (χ3v) is 4.76. The van der Waals surface area contributed by atoms with Gasteiger partial charge in [-0.05, 0) is 25.3 Å². The van der Waals surface area contributed by atoms with E-state index in [1.165, 1.54) is 9.75 Å². The quantitative estimate of drug-likeness (QED) is 0.729. The molecule has 0 amide bonds. The second-order valence-electron chi connectivity index (χ2n) is 4.11. The van der Waals surface area contributed by atoms with Crippen molar-refractivity contribution in [2.75, 3.05) is 0 Å². The zero-order valence-corrected chi connectivity index (χ0v) is 11.9. The van der Waals surface area contributed by atoms with Crippen molar-refractivity contribution >= 4 is 22.7 Å². The van der Waals surface area contributed by atoms with Gasteiger partial charge in [-0.1, -0.05) is 6.07 Å².